The van der Waals surface area contributed by atoms with Gasteiger partial charge < -0.3 is 4.90 Å². The molecule has 1 aromatic rings. The third-order valence-corrected chi connectivity index (χ3v) is 2.38. The molecule has 1 unspecified atom stereocenters. The summed E-state index contributed by atoms with van der Waals surface area (Å²) in [6.45, 7) is 4.51. The summed E-state index contributed by atoms with van der Waals surface area (Å²) in [4.78, 5) is 12.1. The van der Waals surface area contributed by atoms with Crippen molar-refractivity contribution in [2.45, 2.75) is 19.3 Å². The van der Waals surface area contributed by atoms with Gasteiger partial charge in [-0.25, -0.2) is 0 Å². The number of hydrogen-bond donors (Lipinski definition) is 0. The van der Waals surface area contributed by atoms with Crippen LogP contribution in [0.1, 0.15) is 13.8 Å². The summed E-state index contributed by atoms with van der Waals surface area (Å²) < 4.78 is 0. The molecule has 0 heterocycles. The maximum atomic E-state index is 10.6. The van der Waals surface area contributed by atoms with E-state index in [1.54, 1.807) is 6.07 Å². The van der Waals surface area contributed by atoms with E-state index in [9.17, 15) is 10.1 Å². The third kappa shape index (κ3) is 2.83. The number of alkyl halides is 1. The van der Waals surface area contributed by atoms with Crippen LogP contribution < -0.4 is 4.90 Å². The molecule has 0 saturated heterocycles. The van der Waals surface area contributed by atoms with Crippen LogP contribution in [0.4, 0.5) is 11.4 Å². The summed E-state index contributed by atoms with van der Waals surface area (Å²) in [6, 6.07) is 6.48. The molecule has 0 spiro atoms. The number of halogens is 1. The number of nitro groups is 1. The summed E-state index contributed by atoms with van der Waals surface area (Å²) in [5.41, 5.74) is 0.675. The minimum atomic E-state index is -0.407. The highest BCUT2D eigenvalue weighted by Crippen LogP contribution is 2.23. The topological polar surface area (TPSA) is 46.4 Å². The van der Waals surface area contributed by atoms with E-state index in [0.29, 0.717) is 6.54 Å². The SMILES string of the molecule is CCN(c1cccc([N+](=O)[O-])c1)C(C)Cl. The van der Waals surface area contributed by atoms with Gasteiger partial charge in [0.25, 0.3) is 5.69 Å². The van der Waals surface area contributed by atoms with Crippen LogP contribution in [0, 0.1) is 10.1 Å². The van der Waals surface area contributed by atoms with E-state index in [-0.39, 0.29) is 11.2 Å². The lowest BCUT2D eigenvalue weighted by atomic mass is 10.2. The van der Waals surface area contributed by atoms with Gasteiger partial charge in [-0.05, 0) is 19.9 Å². The molecule has 1 rings (SSSR count). The Morgan fingerprint density at radius 2 is 2.27 bits per heavy atom. The van der Waals surface area contributed by atoms with Crippen molar-refractivity contribution in [3.05, 3.63) is 34.4 Å². The zero-order chi connectivity index (χ0) is 11.4. The van der Waals surface area contributed by atoms with Gasteiger partial charge in [0.2, 0.25) is 0 Å². The number of benzene rings is 1. The van der Waals surface area contributed by atoms with Crippen LogP contribution in [0.15, 0.2) is 24.3 Å². The van der Waals surface area contributed by atoms with Gasteiger partial charge in [-0.15, -0.1) is 0 Å². The summed E-state index contributed by atoms with van der Waals surface area (Å²) in [7, 11) is 0. The van der Waals surface area contributed by atoms with Gasteiger partial charge in [-0.2, -0.15) is 0 Å². The summed E-state index contributed by atoms with van der Waals surface area (Å²) in [5.74, 6) is 0. The lowest BCUT2D eigenvalue weighted by Gasteiger charge is -2.25. The second-order valence-corrected chi connectivity index (χ2v) is 3.77. The van der Waals surface area contributed by atoms with E-state index >= 15 is 0 Å². The molecule has 0 radical (unpaired) electrons. The number of anilines is 1. The Hall–Kier alpha value is -1.29. The Labute approximate surface area is 93.6 Å². The third-order valence-electron chi connectivity index (χ3n) is 2.14. The van der Waals surface area contributed by atoms with E-state index in [4.69, 9.17) is 11.6 Å². The van der Waals surface area contributed by atoms with Gasteiger partial charge in [0.05, 0.1) is 4.92 Å². The predicted octanol–water partition coefficient (Wildman–Crippen LogP) is 3.01. The molecule has 1 aromatic carbocycles. The van der Waals surface area contributed by atoms with Crippen molar-refractivity contribution in [3.63, 3.8) is 0 Å². The van der Waals surface area contributed by atoms with Crippen LogP contribution in [0.25, 0.3) is 0 Å². The molecule has 0 amide bonds. The standard InChI is InChI=1S/C10H13ClN2O2/c1-3-12(8(2)11)9-5-4-6-10(7-9)13(14)15/h4-8H,3H2,1-2H3. The molecule has 0 aromatic heterocycles. The van der Waals surface area contributed by atoms with Gasteiger partial charge in [-0.3, -0.25) is 10.1 Å². The van der Waals surface area contributed by atoms with Gasteiger partial charge in [0.15, 0.2) is 0 Å². The van der Waals surface area contributed by atoms with Crippen molar-refractivity contribution in [1.29, 1.82) is 0 Å². The molecule has 0 aliphatic carbocycles. The molecule has 15 heavy (non-hydrogen) atoms. The highest BCUT2D eigenvalue weighted by atomic mass is 35.5. The van der Waals surface area contributed by atoms with Crippen LogP contribution in [-0.2, 0) is 0 Å². The van der Waals surface area contributed by atoms with Gasteiger partial charge in [-0.1, -0.05) is 17.7 Å². The quantitative estimate of drug-likeness (QED) is 0.344. The first-order valence-electron chi connectivity index (χ1n) is 4.71. The Morgan fingerprint density at radius 1 is 1.60 bits per heavy atom. The number of non-ortho nitro benzene ring substituents is 1. The molecule has 0 fully saturated rings. The number of nitrogens with zero attached hydrogens (tertiary/aromatic N) is 2. The average molecular weight is 229 g/mol. The number of nitro benzene ring substituents is 1. The van der Waals surface area contributed by atoms with E-state index < -0.39 is 4.92 Å². The maximum Gasteiger partial charge on any atom is 0.271 e. The Morgan fingerprint density at radius 3 is 2.73 bits per heavy atom. The summed E-state index contributed by atoms with van der Waals surface area (Å²) in [5, 5.41) is 10.6. The fraction of sp³-hybridized carbons (Fsp3) is 0.400. The smallest absolute Gasteiger partial charge is 0.271 e. The molecule has 0 aliphatic heterocycles. The molecule has 82 valence electrons. The zero-order valence-electron chi connectivity index (χ0n) is 8.68. The van der Waals surface area contributed by atoms with Crippen LogP contribution in [0.3, 0.4) is 0 Å². The molecular weight excluding hydrogens is 216 g/mol. The van der Waals surface area contributed by atoms with Crippen molar-refractivity contribution in [3.8, 4) is 0 Å². The molecule has 0 bridgehead atoms. The maximum absolute atomic E-state index is 10.6. The van der Waals surface area contributed by atoms with E-state index in [0.717, 1.165) is 5.69 Å². The molecule has 1 atom stereocenters. The predicted molar refractivity (Wildman–Crippen MR) is 61.4 cm³/mol. The van der Waals surface area contributed by atoms with Crippen LogP contribution >= 0.6 is 11.6 Å². The first-order chi connectivity index (χ1) is 7.06. The Bertz CT molecular complexity index is 355. The van der Waals surface area contributed by atoms with Gasteiger partial charge in [0.1, 0.15) is 5.50 Å². The Kier molecular flexibility index (Phi) is 3.91. The van der Waals surface area contributed by atoms with Crippen molar-refractivity contribution in [1.82, 2.24) is 0 Å². The normalized spacial score (nSPS) is 12.2. The first kappa shape index (κ1) is 11.8. The van der Waals surface area contributed by atoms with Crippen molar-refractivity contribution < 1.29 is 4.92 Å². The summed E-state index contributed by atoms with van der Waals surface area (Å²) in [6.07, 6.45) is 0. The monoisotopic (exact) mass is 228 g/mol. The fourth-order valence-corrected chi connectivity index (χ4v) is 1.68. The van der Waals surface area contributed by atoms with Gasteiger partial charge >= 0.3 is 0 Å². The molecule has 0 saturated carbocycles. The highest BCUT2D eigenvalue weighted by molar-refractivity contribution is 6.21. The lowest BCUT2D eigenvalue weighted by Crippen LogP contribution is -2.28. The average Bonchev–Trinajstić information content (AvgIpc) is 2.18. The van der Waals surface area contributed by atoms with Crippen LogP contribution in [-0.4, -0.2) is 17.0 Å². The zero-order valence-corrected chi connectivity index (χ0v) is 9.44. The molecular formula is C10H13ClN2O2. The highest BCUT2D eigenvalue weighted by Gasteiger charge is 2.13. The van der Waals surface area contributed by atoms with Gasteiger partial charge in [0, 0.05) is 24.4 Å². The van der Waals surface area contributed by atoms with Crippen LogP contribution in [0.2, 0.25) is 0 Å². The lowest BCUT2D eigenvalue weighted by molar-refractivity contribution is -0.384. The summed E-state index contributed by atoms with van der Waals surface area (Å²) >= 11 is 5.97. The van der Waals surface area contributed by atoms with E-state index in [2.05, 4.69) is 0 Å². The van der Waals surface area contributed by atoms with Crippen LogP contribution in [0.5, 0.6) is 0 Å². The first-order valence-corrected chi connectivity index (χ1v) is 5.15. The second-order valence-electron chi connectivity index (χ2n) is 3.14. The number of hydrogen-bond acceptors (Lipinski definition) is 3. The Balaban J connectivity index is 3.03. The minimum absolute atomic E-state index is 0.0864. The fourth-order valence-electron chi connectivity index (χ4n) is 1.42. The second kappa shape index (κ2) is 4.98. The largest absolute Gasteiger partial charge is 0.355 e. The molecule has 4 nitrogen and oxygen atoms in total. The molecule has 0 N–H and O–H groups in total. The minimum Gasteiger partial charge on any atom is -0.355 e. The van der Waals surface area contributed by atoms with Crippen molar-refractivity contribution in [2.75, 3.05) is 11.4 Å². The van der Waals surface area contributed by atoms with Crippen molar-refractivity contribution in [2.24, 2.45) is 0 Å². The van der Waals surface area contributed by atoms with Crippen molar-refractivity contribution >= 4 is 23.0 Å². The number of rotatable bonds is 4. The molecule has 0 aliphatic rings. The van der Waals surface area contributed by atoms with E-state index in [1.165, 1.54) is 12.1 Å². The molecule has 5 heteroatoms. The van der Waals surface area contributed by atoms with E-state index in [1.807, 2.05) is 24.8 Å².